The summed E-state index contributed by atoms with van der Waals surface area (Å²) >= 11 is 2.00. The lowest BCUT2D eigenvalue weighted by atomic mass is 10.3. The van der Waals surface area contributed by atoms with Gasteiger partial charge < -0.3 is 10.4 Å². The minimum Gasteiger partial charge on any atom is -0.505 e. The molecule has 1 rings (SSSR count). The van der Waals surface area contributed by atoms with Gasteiger partial charge in [0.25, 0.3) is 5.91 Å². The van der Waals surface area contributed by atoms with Crippen LogP contribution in [0.3, 0.4) is 0 Å². The quantitative estimate of drug-likeness (QED) is 0.745. The average molecular weight is 278 g/mol. The maximum atomic E-state index is 11.0. The number of hydrogen-bond donors (Lipinski definition) is 2. The second kappa shape index (κ2) is 3.70. The smallest absolute Gasteiger partial charge is 0.273 e. The number of hydrogen-bond acceptors (Lipinski definition) is 3. The van der Waals surface area contributed by atoms with Crippen molar-refractivity contribution in [1.29, 1.82) is 0 Å². The van der Waals surface area contributed by atoms with Crippen molar-refractivity contribution < 1.29 is 9.90 Å². The van der Waals surface area contributed by atoms with E-state index in [-0.39, 0.29) is 17.4 Å². The van der Waals surface area contributed by atoms with Crippen LogP contribution < -0.4 is 5.32 Å². The highest BCUT2D eigenvalue weighted by molar-refractivity contribution is 14.1. The van der Waals surface area contributed by atoms with Crippen LogP contribution >= 0.6 is 22.6 Å². The highest BCUT2D eigenvalue weighted by Gasteiger charge is 2.10. The van der Waals surface area contributed by atoms with E-state index in [4.69, 9.17) is 0 Å². The van der Waals surface area contributed by atoms with Gasteiger partial charge in [0.1, 0.15) is 5.75 Å². The largest absolute Gasteiger partial charge is 0.505 e. The van der Waals surface area contributed by atoms with Gasteiger partial charge in [-0.15, -0.1) is 0 Å². The fourth-order valence-corrected chi connectivity index (χ4v) is 1.16. The molecule has 0 radical (unpaired) electrons. The molecule has 2 N–H and O–H groups in total. The number of nitrogens with one attached hydrogen (secondary N) is 1. The van der Waals surface area contributed by atoms with E-state index in [1.54, 1.807) is 0 Å². The number of rotatable bonds is 1. The summed E-state index contributed by atoms with van der Waals surface area (Å²) in [7, 11) is 1.49. The maximum Gasteiger partial charge on any atom is 0.273 e. The molecule has 1 amide bonds. The lowest BCUT2D eigenvalue weighted by Crippen LogP contribution is -2.19. The summed E-state index contributed by atoms with van der Waals surface area (Å²) in [6.45, 7) is 0. The third-order valence-electron chi connectivity index (χ3n) is 1.28. The summed E-state index contributed by atoms with van der Waals surface area (Å²) in [6.07, 6.45) is 1.52. The van der Waals surface area contributed by atoms with Crippen LogP contribution in [-0.2, 0) is 0 Å². The minimum atomic E-state index is -0.385. The Morgan fingerprint density at radius 3 is 2.92 bits per heavy atom. The van der Waals surface area contributed by atoms with Gasteiger partial charge in [0.2, 0.25) is 0 Å². The number of carbonyl (C=O) groups is 1. The predicted octanol–water partition coefficient (Wildman–Crippen LogP) is 0.751. The Balaban J connectivity index is 3.09. The van der Waals surface area contributed by atoms with E-state index < -0.39 is 0 Å². The van der Waals surface area contributed by atoms with Crippen LogP contribution in [0.15, 0.2) is 12.3 Å². The molecule has 0 atom stereocenters. The van der Waals surface area contributed by atoms with E-state index in [9.17, 15) is 9.90 Å². The van der Waals surface area contributed by atoms with Crippen molar-refractivity contribution in [2.24, 2.45) is 0 Å². The van der Waals surface area contributed by atoms with Crippen LogP contribution in [0.4, 0.5) is 0 Å². The highest BCUT2D eigenvalue weighted by atomic mass is 127. The van der Waals surface area contributed by atoms with E-state index in [2.05, 4.69) is 10.3 Å². The topological polar surface area (TPSA) is 62.2 Å². The zero-order valence-electron chi connectivity index (χ0n) is 6.34. The molecule has 4 nitrogen and oxygen atoms in total. The van der Waals surface area contributed by atoms with Crippen LogP contribution in [0, 0.1) is 3.57 Å². The Labute approximate surface area is 83.1 Å². The van der Waals surface area contributed by atoms with Gasteiger partial charge in [0.05, 0.1) is 0 Å². The summed E-state index contributed by atoms with van der Waals surface area (Å²) in [4.78, 5) is 14.8. The van der Waals surface area contributed by atoms with Crippen molar-refractivity contribution in [3.8, 4) is 5.75 Å². The monoisotopic (exact) mass is 278 g/mol. The minimum absolute atomic E-state index is 0.0536. The molecule has 0 unspecified atom stereocenters. The van der Waals surface area contributed by atoms with Gasteiger partial charge in [0.15, 0.2) is 5.69 Å². The summed E-state index contributed by atoms with van der Waals surface area (Å²) in [5.74, 6) is -0.481. The van der Waals surface area contributed by atoms with Gasteiger partial charge in [-0.2, -0.15) is 0 Å². The SMILES string of the molecule is CNC(=O)c1ncc(I)cc1O. The number of pyridine rings is 1. The number of carbonyl (C=O) groups excluding carboxylic acids is 1. The van der Waals surface area contributed by atoms with Crippen LogP contribution in [-0.4, -0.2) is 23.0 Å². The maximum absolute atomic E-state index is 11.0. The number of nitrogens with zero attached hydrogens (tertiary/aromatic N) is 1. The van der Waals surface area contributed by atoms with E-state index in [1.807, 2.05) is 22.6 Å². The zero-order valence-corrected chi connectivity index (χ0v) is 8.49. The van der Waals surface area contributed by atoms with Crippen molar-refractivity contribution in [3.05, 3.63) is 21.5 Å². The molecular formula is C7H7IN2O2. The predicted molar refractivity (Wildman–Crippen MR) is 52.0 cm³/mol. The van der Waals surface area contributed by atoms with Crippen LogP contribution in [0.25, 0.3) is 0 Å². The van der Waals surface area contributed by atoms with Crippen LogP contribution in [0.5, 0.6) is 5.75 Å². The van der Waals surface area contributed by atoms with Crippen molar-refractivity contribution >= 4 is 28.5 Å². The number of aromatic nitrogens is 1. The molecule has 5 heteroatoms. The Hall–Kier alpha value is -0.850. The molecule has 0 aliphatic rings. The first-order valence-corrected chi connectivity index (χ1v) is 4.29. The molecule has 0 saturated carbocycles. The molecule has 0 aliphatic heterocycles. The van der Waals surface area contributed by atoms with Crippen molar-refractivity contribution in [3.63, 3.8) is 0 Å². The molecule has 0 bridgehead atoms. The Morgan fingerprint density at radius 1 is 1.75 bits per heavy atom. The molecule has 0 aliphatic carbocycles. The lowest BCUT2D eigenvalue weighted by Gasteiger charge is -2.01. The van der Waals surface area contributed by atoms with Gasteiger partial charge in [-0.1, -0.05) is 0 Å². The average Bonchev–Trinajstić information content (AvgIpc) is 2.03. The van der Waals surface area contributed by atoms with Gasteiger partial charge in [-0.05, 0) is 28.7 Å². The number of halogens is 1. The van der Waals surface area contributed by atoms with E-state index in [1.165, 1.54) is 19.3 Å². The number of amides is 1. The van der Waals surface area contributed by atoms with E-state index in [0.29, 0.717) is 0 Å². The molecule has 0 saturated heterocycles. The van der Waals surface area contributed by atoms with E-state index >= 15 is 0 Å². The third kappa shape index (κ3) is 1.84. The third-order valence-corrected chi connectivity index (χ3v) is 1.87. The fraction of sp³-hybridized carbons (Fsp3) is 0.143. The van der Waals surface area contributed by atoms with E-state index in [0.717, 1.165) is 3.57 Å². The molecule has 0 fully saturated rings. The molecule has 0 spiro atoms. The Bertz CT molecular complexity index is 314. The van der Waals surface area contributed by atoms with Gasteiger partial charge in [0, 0.05) is 16.8 Å². The summed E-state index contributed by atoms with van der Waals surface area (Å²) in [5, 5.41) is 11.6. The summed E-state index contributed by atoms with van der Waals surface area (Å²) in [6, 6.07) is 1.48. The zero-order chi connectivity index (χ0) is 9.14. The van der Waals surface area contributed by atoms with Crippen molar-refractivity contribution in [2.75, 3.05) is 7.05 Å². The Morgan fingerprint density at radius 2 is 2.42 bits per heavy atom. The first-order chi connectivity index (χ1) is 5.65. The van der Waals surface area contributed by atoms with Crippen LogP contribution in [0.2, 0.25) is 0 Å². The molecule has 12 heavy (non-hydrogen) atoms. The summed E-state index contributed by atoms with van der Waals surface area (Å²) in [5.41, 5.74) is 0.0536. The molecular weight excluding hydrogens is 271 g/mol. The fourth-order valence-electron chi connectivity index (χ4n) is 0.722. The second-order valence-electron chi connectivity index (χ2n) is 2.10. The number of aromatic hydroxyl groups is 1. The molecule has 64 valence electrons. The molecule has 0 aromatic carbocycles. The van der Waals surface area contributed by atoms with Gasteiger partial charge >= 0.3 is 0 Å². The van der Waals surface area contributed by atoms with Crippen LogP contribution in [0.1, 0.15) is 10.5 Å². The highest BCUT2D eigenvalue weighted by Crippen LogP contribution is 2.16. The van der Waals surface area contributed by atoms with Crippen molar-refractivity contribution in [2.45, 2.75) is 0 Å². The Kier molecular flexibility index (Phi) is 2.85. The molecule has 1 heterocycles. The molecule has 1 aromatic rings. The first-order valence-electron chi connectivity index (χ1n) is 3.21. The van der Waals surface area contributed by atoms with Gasteiger partial charge in [-0.25, -0.2) is 4.98 Å². The lowest BCUT2D eigenvalue weighted by molar-refractivity contribution is 0.0955. The normalized spacial score (nSPS) is 9.50. The van der Waals surface area contributed by atoms with Gasteiger partial charge in [-0.3, -0.25) is 4.79 Å². The second-order valence-corrected chi connectivity index (χ2v) is 3.35. The molecule has 1 aromatic heterocycles. The summed E-state index contributed by atoms with van der Waals surface area (Å²) < 4.78 is 0.790. The first kappa shape index (κ1) is 9.24. The van der Waals surface area contributed by atoms with Crippen molar-refractivity contribution in [1.82, 2.24) is 10.3 Å². The standard InChI is InChI=1S/C7H7IN2O2/c1-9-7(12)6-5(11)2-4(8)3-10-6/h2-3,11H,1H3,(H,9,12).